The molecule has 0 aromatic carbocycles. The van der Waals surface area contributed by atoms with Gasteiger partial charge in [-0.2, -0.15) is 8.42 Å². The summed E-state index contributed by atoms with van der Waals surface area (Å²) in [6.07, 6.45) is 8.20. The second-order valence-electron chi connectivity index (χ2n) is 2.40. The summed E-state index contributed by atoms with van der Waals surface area (Å²) < 4.78 is 25.5. The van der Waals surface area contributed by atoms with Gasteiger partial charge in [-0.1, -0.05) is 12.7 Å². The van der Waals surface area contributed by atoms with Gasteiger partial charge in [-0.05, 0) is 6.92 Å². The fourth-order valence-corrected chi connectivity index (χ4v) is 1.93. The van der Waals surface area contributed by atoms with Crippen molar-refractivity contribution < 1.29 is 8.42 Å². The van der Waals surface area contributed by atoms with Crippen molar-refractivity contribution >= 4 is 10.2 Å². The molecular weight excluding hydrogens is 202 g/mol. The quantitative estimate of drug-likeness (QED) is 0.748. The first-order valence-electron chi connectivity index (χ1n) is 3.90. The van der Waals surface area contributed by atoms with Gasteiger partial charge < -0.3 is 0 Å². The molecule has 76 valence electrons. The van der Waals surface area contributed by atoms with Gasteiger partial charge in [0.2, 0.25) is 0 Å². The fraction of sp³-hybridized carbons (Fsp3) is 0.125. The second-order valence-corrected chi connectivity index (χ2v) is 4.13. The van der Waals surface area contributed by atoms with Crippen molar-refractivity contribution in [3.05, 3.63) is 43.8 Å². The molecule has 0 atom stereocenters. The van der Waals surface area contributed by atoms with Crippen LogP contribution in [0, 0.1) is 0 Å². The van der Waals surface area contributed by atoms with Crippen molar-refractivity contribution in [3.63, 3.8) is 0 Å². The average Bonchev–Trinajstić information content (AvgIpc) is 2.66. The highest BCUT2D eigenvalue weighted by Gasteiger charge is 2.16. The Hall–Kier alpha value is -1.56. The smallest absolute Gasteiger partial charge is 0.244 e. The third kappa shape index (κ3) is 1.85. The van der Waals surface area contributed by atoms with E-state index in [0.717, 1.165) is 8.28 Å². The molecule has 1 aromatic heterocycles. The lowest BCUT2D eigenvalue weighted by molar-refractivity contribution is 0.542. The number of allylic oxidation sites excluding steroid dienone is 1. The van der Waals surface area contributed by atoms with Crippen molar-refractivity contribution in [1.82, 2.24) is 13.3 Å². The maximum absolute atomic E-state index is 11.7. The summed E-state index contributed by atoms with van der Waals surface area (Å²) >= 11 is 0. The number of nitrogens with zero attached hydrogens (tertiary/aromatic N) is 3. The largest absolute Gasteiger partial charge is 0.334 e. The Morgan fingerprint density at radius 2 is 2.29 bits per heavy atom. The van der Waals surface area contributed by atoms with Gasteiger partial charge in [0, 0.05) is 24.8 Å². The van der Waals surface area contributed by atoms with E-state index in [9.17, 15) is 8.42 Å². The average molecular weight is 213 g/mol. The van der Waals surface area contributed by atoms with Gasteiger partial charge in [-0.3, -0.25) is 0 Å². The van der Waals surface area contributed by atoms with Gasteiger partial charge in [-0.25, -0.2) is 13.3 Å². The Labute approximate surface area is 83.2 Å². The second kappa shape index (κ2) is 4.10. The van der Waals surface area contributed by atoms with Crippen molar-refractivity contribution in [3.8, 4) is 0 Å². The molecule has 0 aliphatic carbocycles. The standard InChI is InChI=1S/C8H11N3O2S/c1-3-6-10(4-2)14(12,13)11-7-5-9-8-11/h3-8H,2H2,1H3/b6-3-. The van der Waals surface area contributed by atoms with E-state index >= 15 is 0 Å². The van der Waals surface area contributed by atoms with E-state index in [-0.39, 0.29) is 0 Å². The molecule has 1 heterocycles. The highest BCUT2D eigenvalue weighted by molar-refractivity contribution is 7.87. The summed E-state index contributed by atoms with van der Waals surface area (Å²) in [5, 5.41) is 0. The molecule has 14 heavy (non-hydrogen) atoms. The third-order valence-electron chi connectivity index (χ3n) is 1.49. The van der Waals surface area contributed by atoms with Crippen LogP contribution in [0.1, 0.15) is 6.92 Å². The van der Waals surface area contributed by atoms with E-state index < -0.39 is 10.2 Å². The summed E-state index contributed by atoms with van der Waals surface area (Å²) in [6, 6.07) is 0. The van der Waals surface area contributed by atoms with Crippen LogP contribution in [0.3, 0.4) is 0 Å². The summed E-state index contributed by atoms with van der Waals surface area (Å²) in [5.41, 5.74) is 0. The molecule has 0 unspecified atom stereocenters. The molecule has 0 saturated carbocycles. The zero-order valence-electron chi connectivity index (χ0n) is 7.74. The van der Waals surface area contributed by atoms with Crippen LogP contribution in [0.25, 0.3) is 0 Å². The molecule has 0 amide bonds. The highest BCUT2D eigenvalue weighted by atomic mass is 32.2. The first-order valence-corrected chi connectivity index (χ1v) is 5.30. The SMILES string of the molecule is C=CN(/C=C\C)S(=O)(=O)n1ccnc1. The predicted octanol–water partition coefficient (Wildman–Crippen LogP) is 0.955. The minimum Gasteiger partial charge on any atom is -0.244 e. The molecule has 0 fully saturated rings. The molecule has 6 heteroatoms. The van der Waals surface area contributed by atoms with Crippen molar-refractivity contribution in [2.75, 3.05) is 0 Å². The van der Waals surface area contributed by atoms with Crippen LogP contribution in [-0.4, -0.2) is 21.7 Å². The molecule has 0 bridgehead atoms. The molecule has 0 aliphatic heterocycles. The number of imidazole rings is 1. The van der Waals surface area contributed by atoms with E-state index in [2.05, 4.69) is 11.6 Å². The Kier molecular flexibility index (Phi) is 3.08. The van der Waals surface area contributed by atoms with E-state index in [4.69, 9.17) is 0 Å². The van der Waals surface area contributed by atoms with E-state index in [1.165, 1.54) is 31.1 Å². The number of rotatable bonds is 4. The van der Waals surface area contributed by atoms with Gasteiger partial charge in [-0.15, -0.1) is 0 Å². The lowest BCUT2D eigenvalue weighted by atomic mass is 10.7. The van der Waals surface area contributed by atoms with Crippen molar-refractivity contribution in [1.29, 1.82) is 0 Å². The Balaban J connectivity index is 3.12. The Morgan fingerprint density at radius 3 is 2.71 bits per heavy atom. The Bertz CT molecular complexity index is 419. The lowest BCUT2D eigenvalue weighted by Gasteiger charge is -2.15. The van der Waals surface area contributed by atoms with Crippen LogP contribution >= 0.6 is 0 Å². The predicted molar refractivity (Wildman–Crippen MR) is 53.4 cm³/mol. The molecule has 5 nitrogen and oxygen atoms in total. The summed E-state index contributed by atoms with van der Waals surface area (Å²) in [6.45, 7) is 5.14. The maximum atomic E-state index is 11.7. The van der Waals surface area contributed by atoms with Crippen LogP contribution in [0.5, 0.6) is 0 Å². The summed E-state index contributed by atoms with van der Waals surface area (Å²) in [5.74, 6) is 0. The first kappa shape index (κ1) is 10.5. The van der Waals surface area contributed by atoms with Crippen LogP contribution in [0.4, 0.5) is 0 Å². The molecule has 0 saturated heterocycles. The molecule has 0 aliphatic rings. The summed E-state index contributed by atoms with van der Waals surface area (Å²) in [7, 11) is -3.59. The van der Waals surface area contributed by atoms with E-state index in [1.807, 2.05) is 0 Å². The zero-order chi connectivity index (χ0) is 10.6. The van der Waals surface area contributed by atoms with Gasteiger partial charge >= 0.3 is 10.2 Å². The van der Waals surface area contributed by atoms with Crippen molar-refractivity contribution in [2.45, 2.75) is 6.92 Å². The molecule has 1 rings (SSSR count). The zero-order valence-corrected chi connectivity index (χ0v) is 8.55. The normalized spacial score (nSPS) is 11.8. The minimum absolute atomic E-state index is 1.01. The minimum atomic E-state index is -3.59. The number of hydrogen-bond donors (Lipinski definition) is 0. The third-order valence-corrected chi connectivity index (χ3v) is 3.04. The van der Waals surface area contributed by atoms with Crippen LogP contribution in [0.2, 0.25) is 0 Å². The number of aromatic nitrogens is 2. The first-order chi connectivity index (χ1) is 6.62. The Morgan fingerprint density at radius 1 is 1.57 bits per heavy atom. The fourth-order valence-electron chi connectivity index (χ4n) is 0.871. The lowest BCUT2D eigenvalue weighted by Crippen LogP contribution is -2.26. The van der Waals surface area contributed by atoms with Gasteiger partial charge in [0.1, 0.15) is 6.33 Å². The summed E-state index contributed by atoms with van der Waals surface area (Å²) in [4.78, 5) is 3.66. The highest BCUT2D eigenvalue weighted by Crippen LogP contribution is 2.05. The van der Waals surface area contributed by atoms with Crippen molar-refractivity contribution in [2.24, 2.45) is 0 Å². The maximum Gasteiger partial charge on any atom is 0.334 e. The van der Waals surface area contributed by atoms with Crippen LogP contribution in [-0.2, 0) is 10.2 Å². The van der Waals surface area contributed by atoms with Gasteiger partial charge in [0.15, 0.2) is 0 Å². The monoisotopic (exact) mass is 213 g/mol. The number of hydrogen-bond acceptors (Lipinski definition) is 3. The molecular formula is C8H11N3O2S. The topological polar surface area (TPSA) is 55.2 Å². The molecule has 1 aromatic rings. The molecule has 0 N–H and O–H groups in total. The van der Waals surface area contributed by atoms with Crippen LogP contribution < -0.4 is 0 Å². The molecule has 0 spiro atoms. The molecule has 0 radical (unpaired) electrons. The van der Waals surface area contributed by atoms with Gasteiger partial charge in [0.05, 0.1) is 0 Å². The van der Waals surface area contributed by atoms with E-state index in [1.54, 1.807) is 13.0 Å². The van der Waals surface area contributed by atoms with Gasteiger partial charge in [0.25, 0.3) is 0 Å². The van der Waals surface area contributed by atoms with E-state index in [0.29, 0.717) is 0 Å². The van der Waals surface area contributed by atoms with Crippen LogP contribution in [0.15, 0.2) is 43.8 Å².